The quantitative estimate of drug-likeness (QED) is 0.429. The normalized spacial score (nSPS) is 13.4. The summed E-state index contributed by atoms with van der Waals surface area (Å²) in [6.07, 6.45) is 1.49. The van der Waals surface area contributed by atoms with Crippen LogP contribution in [0.5, 0.6) is 0 Å². The number of hydrogen-bond acceptors (Lipinski definition) is 8. The van der Waals surface area contributed by atoms with E-state index < -0.39 is 0 Å². The van der Waals surface area contributed by atoms with Gasteiger partial charge in [0, 0.05) is 29.8 Å². The Balaban J connectivity index is 1.51. The Hall–Kier alpha value is -4.11. The molecule has 4 N–H and O–H groups in total. The second-order valence-corrected chi connectivity index (χ2v) is 7.10. The van der Waals surface area contributed by atoms with Crippen molar-refractivity contribution in [3.63, 3.8) is 0 Å². The van der Waals surface area contributed by atoms with Gasteiger partial charge in [-0.25, -0.2) is 9.97 Å². The summed E-state index contributed by atoms with van der Waals surface area (Å²) in [5.41, 5.74) is 8.23. The molecule has 0 saturated carbocycles. The van der Waals surface area contributed by atoms with E-state index in [4.69, 9.17) is 26.0 Å². The lowest BCUT2D eigenvalue weighted by atomic mass is 10.1. The van der Waals surface area contributed by atoms with E-state index in [2.05, 4.69) is 9.97 Å². The van der Waals surface area contributed by atoms with Crippen molar-refractivity contribution in [2.45, 2.75) is 0 Å². The summed E-state index contributed by atoms with van der Waals surface area (Å²) in [6.45, 7) is 2.24. The van der Waals surface area contributed by atoms with E-state index in [1.54, 1.807) is 53.4 Å². The molecule has 1 aromatic heterocycles. The van der Waals surface area contributed by atoms with E-state index >= 15 is 0 Å². The number of carbonyl (C=O) groups excluding carboxylic acids is 1. The lowest BCUT2D eigenvalue weighted by molar-refractivity contribution is 0.0303. The number of nitrogens with zero attached hydrogens (tertiary/aromatic N) is 3. The Kier molecular flexibility index (Phi) is 6.18. The van der Waals surface area contributed by atoms with Crippen LogP contribution in [0.2, 0.25) is 0 Å². The Morgan fingerprint density at radius 3 is 2.34 bits per heavy atom. The number of carbonyl (C=O) groups is 1. The molecule has 4 rings (SSSR count). The van der Waals surface area contributed by atoms with Gasteiger partial charge >= 0.3 is 0 Å². The minimum absolute atomic E-state index is 0.0266. The molecule has 0 bridgehead atoms. The molecule has 2 heterocycles. The van der Waals surface area contributed by atoms with E-state index in [1.807, 2.05) is 6.07 Å². The molecule has 1 amide bonds. The number of nitrogen functional groups attached to an aromatic ring is 1. The number of benzene rings is 2. The van der Waals surface area contributed by atoms with Gasteiger partial charge in [-0.1, -0.05) is 30.3 Å². The van der Waals surface area contributed by atoms with Crippen molar-refractivity contribution in [2.24, 2.45) is 0 Å². The molecule has 1 saturated heterocycles. The molecule has 1 fully saturated rings. The predicted octanol–water partition coefficient (Wildman–Crippen LogP) is 2.57. The largest absolute Gasteiger partial charge is 0.419 e. The second-order valence-electron chi connectivity index (χ2n) is 7.10. The van der Waals surface area contributed by atoms with Crippen LogP contribution in [0.4, 0.5) is 5.82 Å². The molecule has 2 aromatic carbocycles. The minimum Gasteiger partial charge on any atom is -0.419 e. The number of rotatable bonds is 4. The van der Waals surface area contributed by atoms with Crippen LogP contribution in [-0.4, -0.2) is 58.9 Å². The fourth-order valence-electron chi connectivity index (χ4n) is 3.24. The number of morpholine rings is 1. The van der Waals surface area contributed by atoms with Gasteiger partial charge in [0.05, 0.1) is 25.1 Å². The summed E-state index contributed by atoms with van der Waals surface area (Å²) in [5, 5.41) is 16.3. The highest BCUT2D eigenvalue weighted by Gasteiger charge is 2.19. The summed E-state index contributed by atoms with van der Waals surface area (Å²) in [6, 6.07) is 15.8. The number of aromatic nitrogens is 2. The molecule has 1 aliphatic heterocycles. The average Bonchev–Trinajstić information content (AvgIpc) is 2.85. The Bertz CT molecular complexity index is 1140. The van der Waals surface area contributed by atoms with Gasteiger partial charge in [0.2, 0.25) is 11.8 Å². The van der Waals surface area contributed by atoms with Gasteiger partial charge in [-0.05, 0) is 24.3 Å². The van der Waals surface area contributed by atoms with Gasteiger partial charge in [-0.15, -0.1) is 0 Å². The van der Waals surface area contributed by atoms with E-state index in [0.717, 1.165) is 0 Å². The number of nitrogens with two attached hydrogens (primary N) is 1. The summed E-state index contributed by atoms with van der Waals surface area (Å²) in [4.78, 5) is 22.9. The number of nitrogens with one attached hydrogen (secondary N) is 2. The first-order valence-electron chi connectivity index (χ1n) is 10.0. The fraction of sp³-hybridized carbons (Fsp3) is 0.174. The molecular formula is C23H22N6O3. The summed E-state index contributed by atoms with van der Waals surface area (Å²) in [7, 11) is 0. The topological polar surface area (TPSA) is 138 Å². The zero-order valence-electron chi connectivity index (χ0n) is 17.2. The van der Waals surface area contributed by atoms with E-state index in [-0.39, 0.29) is 29.2 Å². The molecule has 0 aliphatic carbocycles. The first-order chi connectivity index (χ1) is 15.5. The second kappa shape index (κ2) is 9.36. The molecule has 1 aliphatic rings. The maximum atomic E-state index is 12.6. The monoisotopic (exact) mass is 430 g/mol. The van der Waals surface area contributed by atoms with Crippen LogP contribution in [0.15, 0.2) is 60.8 Å². The van der Waals surface area contributed by atoms with Crippen LogP contribution in [-0.2, 0) is 9.47 Å². The van der Waals surface area contributed by atoms with Gasteiger partial charge in [0.1, 0.15) is 0 Å². The van der Waals surface area contributed by atoms with Crippen LogP contribution in [0.25, 0.3) is 11.3 Å². The zero-order valence-corrected chi connectivity index (χ0v) is 17.2. The van der Waals surface area contributed by atoms with Crippen LogP contribution in [0, 0.1) is 10.8 Å². The highest BCUT2D eigenvalue weighted by Crippen LogP contribution is 2.21. The molecule has 0 spiro atoms. The first-order valence-corrected chi connectivity index (χ1v) is 10.0. The lowest BCUT2D eigenvalue weighted by Gasteiger charge is -2.26. The highest BCUT2D eigenvalue weighted by molar-refractivity contribution is 6.05. The van der Waals surface area contributed by atoms with E-state index in [0.29, 0.717) is 48.7 Å². The molecule has 9 heteroatoms. The third kappa shape index (κ3) is 4.62. The standard InChI is InChI=1S/C23H22N6O3/c24-20-19(22(26)32-21(25)16-4-2-1-3-5-16)28-18(14-27-20)15-6-8-17(9-7-15)23(30)29-10-12-31-13-11-29/h1-9,14,25-26H,10-13H2,(H2,24,27). The molecule has 3 aromatic rings. The van der Waals surface area contributed by atoms with Crippen molar-refractivity contribution in [3.8, 4) is 11.3 Å². The van der Waals surface area contributed by atoms with E-state index in [1.165, 1.54) is 6.20 Å². The maximum Gasteiger partial charge on any atom is 0.254 e. The molecular weight excluding hydrogens is 408 g/mol. The van der Waals surface area contributed by atoms with Crippen LogP contribution < -0.4 is 5.73 Å². The van der Waals surface area contributed by atoms with Crippen molar-refractivity contribution in [1.82, 2.24) is 14.9 Å². The third-order valence-electron chi connectivity index (χ3n) is 4.98. The lowest BCUT2D eigenvalue weighted by Crippen LogP contribution is -2.40. The minimum atomic E-state index is -0.371. The Labute approximate surface area is 184 Å². The predicted molar refractivity (Wildman–Crippen MR) is 120 cm³/mol. The number of anilines is 1. The Morgan fingerprint density at radius 1 is 0.969 bits per heavy atom. The molecule has 162 valence electrons. The maximum absolute atomic E-state index is 12.6. The van der Waals surface area contributed by atoms with Crippen molar-refractivity contribution in [2.75, 3.05) is 32.0 Å². The molecule has 9 nitrogen and oxygen atoms in total. The van der Waals surface area contributed by atoms with Crippen molar-refractivity contribution < 1.29 is 14.3 Å². The third-order valence-corrected chi connectivity index (χ3v) is 4.98. The molecule has 32 heavy (non-hydrogen) atoms. The molecule has 0 atom stereocenters. The van der Waals surface area contributed by atoms with E-state index in [9.17, 15) is 4.79 Å². The van der Waals surface area contributed by atoms with Crippen LogP contribution in [0.3, 0.4) is 0 Å². The first kappa shape index (κ1) is 21.1. The summed E-state index contributed by atoms with van der Waals surface area (Å²) in [5.74, 6) is -0.574. The van der Waals surface area contributed by atoms with Crippen molar-refractivity contribution >= 4 is 23.5 Å². The fourth-order valence-corrected chi connectivity index (χ4v) is 3.24. The Morgan fingerprint density at radius 2 is 1.66 bits per heavy atom. The van der Waals surface area contributed by atoms with Crippen molar-refractivity contribution in [3.05, 3.63) is 77.6 Å². The molecule has 0 radical (unpaired) electrons. The summed E-state index contributed by atoms with van der Waals surface area (Å²) >= 11 is 0. The zero-order chi connectivity index (χ0) is 22.5. The van der Waals surface area contributed by atoms with Gasteiger partial charge in [0.15, 0.2) is 11.5 Å². The number of hydrogen-bond donors (Lipinski definition) is 3. The van der Waals surface area contributed by atoms with Gasteiger partial charge in [-0.3, -0.25) is 15.6 Å². The van der Waals surface area contributed by atoms with Gasteiger partial charge < -0.3 is 20.1 Å². The van der Waals surface area contributed by atoms with Gasteiger partial charge in [-0.2, -0.15) is 0 Å². The van der Waals surface area contributed by atoms with Crippen LogP contribution >= 0.6 is 0 Å². The highest BCUT2D eigenvalue weighted by atomic mass is 16.5. The number of amides is 1. The smallest absolute Gasteiger partial charge is 0.254 e. The average molecular weight is 430 g/mol. The SMILES string of the molecule is N=C(OC(=N)c1nc(-c2ccc(C(=O)N3CCOCC3)cc2)cnc1N)c1ccccc1. The van der Waals surface area contributed by atoms with Gasteiger partial charge in [0.25, 0.3) is 5.91 Å². The molecule has 0 unspecified atom stereocenters. The van der Waals surface area contributed by atoms with Crippen LogP contribution in [0.1, 0.15) is 21.6 Å². The summed E-state index contributed by atoms with van der Waals surface area (Å²) < 4.78 is 10.6. The van der Waals surface area contributed by atoms with Crippen molar-refractivity contribution in [1.29, 1.82) is 10.8 Å². The number of ether oxygens (including phenoxy) is 2.